The highest BCUT2D eigenvalue weighted by molar-refractivity contribution is 5.84. The average molecular weight is 382 g/mol. The van der Waals surface area contributed by atoms with Crippen molar-refractivity contribution in [2.75, 3.05) is 5.43 Å². The van der Waals surface area contributed by atoms with Crippen LogP contribution in [0.5, 0.6) is 0 Å². The number of rotatable bonds is 4. The molecule has 0 saturated carbocycles. The summed E-state index contributed by atoms with van der Waals surface area (Å²) in [6, 6.07) is 21.0. The van der Waals surface area contributed by atoms with Crippen LogP contribution >= 0.6 is 0 Å². The van der Waals surface area contributed by atoms with Crippen molar-refractivity contribution in [3.63, 3.8) is 0 Å². The third-order valence-electron chi connectivity index (χ3n) is 4.89. The minimum atomic E-state index is -0.137. The van der Waals surface area contributed by atoms with Crippen LogP contribution in [0.1, 0.15) is 22.3 Å². The number of aryl methyl sites for hydroxylation is 3. The number of nitrogens with zero attached hydrogens (tertiary/aromatic N) is 3. The summed E-state index contributed by atoms with van der Waals surface area (Å²) in [4.78, 5) is 17.8. The summed E-state index contributed by atoms with van der Waals surface area (Å²) in [5, 5.41) is 4.97. The largest absolute Gasteiger partial charge is 0.268 e. The highest BCUT2D eigenvalue weighted by Gasteiger charge is 2.12. The molecule has 5 nitrogen and oxygen atoms in total. The van der Waals surface area contributed by atoms with E-state index in [1.807, 2.05) is 48.5 Å². The number of nitrogens with one attached hydrogen (secondary N) is 1. The molecule has 0 aliphatic heterocycles. The predicted molar refractivity (Wildman–Crippen MR) is 119 cm³/mol. The molecule has 5 heteroatoms. The molecule has 0 saturated heterocycles. The Morgan fingerprint density at radius 3 is 2.31 bits per heavy atom. The Labute approximate surface area is 169 Å². The van der Waals surface area contributed by atoms with E-state index in [0.29, 0.717) is 16.9 Å². The number of hydrogen-bond acceptors (Lipinski definition) is 4. The van der Waals surface area contributed by atoms with E-state index in [1.54, 1.807) is 16.8 Å². The molecule has 0 radical (unpaired) electrons. The van der Waals surface area contributed by atoms with Crippen LogP contribution in [0.2, 0.25) is 0 Å². The zero-order valence-corrected chi connectivity index (χ0v) is 16.7. The number of para-hydroxylation sites is 2. The zero-order chi connectivity index (χ0) is 20.4. The van der Waals surface area contributed by atoms with Crippen LogP contribution in [-0.2, 0) is 0 Å². The van der Waals surface area contributed by atoms with E-state index in [1.165, 1.54) is 5.56 Å². The van der Waals surface area contributed by atoms with Gasteiger partial charge in [-0.15, -0.1) is 0 Å². The predicted octanol–water partition coefficient (Wildman–Crippen LogP) is 4.76. The third-order valence-corrected chi connectivity index (χ3v) is 4.89. The summed E-state index contributed by atoms with van der Waals surface area (Å²) in [5.74, 6) is 0.374. The Morgan fingerprint density at radius 2 is 1.59 bits per heavy atom. The molecule has 0 fully saturated rings. The number of hydrogen-bond donors (Lipinski definition) is 1. The van der Waals surface area contributed by atoms with Crippen LogP contribution < -0.4 is 11.0 Å². The molecule has 0 spiro atoms. The van der Waals surface area contributed by atoms with Gasteiger partial charge in [0.1, 0.15) is 0 Å². The molecular formula is C24H22N4O. The van der Waals surface area contributed by atoms with Gasteiger partial charge in [0.2, 0.25) is 5.95 Å². The molecule has 144 valence electrons. The van der Waals surface area contributed by atoms with Gasteiger partial charge in [0.05, 0.1) is 22.8 Å². The molecule has 0 unspecified atom stereocenters. The third kappa shape index (κ3) is 3.67. The van der Waals surface area contributed by atoms with E-state index < -0.39 is 0 Å². The van der Waals surface area contributed by atoms with Crippen LogP contribution in [0, 0.1) is 20.8 Å². The monoisotopic (exact) mass is 382 g/mol. The first-order valence-corrected chi connectivity index (χ1v) is 9.49. The second-order valence-corrected chi connectivity index (χ2v) is 7.11. The van der Waals surface area contributed by atoms with Gasteiger partial charge in [-0.3, -0.25) is 4.79 Å². The molecule has 1 aromatic heterocycles. The van der Waals surface area contributed by atoms with Gasteiger partial charge in [-0.2, -0.15) is 5.10 Å². The lowest BCUT2D eigenvalue weighted by Gasteiger charge is -2.13. The molecule has 0 aliphatic carbocycles. The summed E-state index contributed by atoms with van der Waals surface area (Å²) in [7, 11) is 0. The molecule has 0 atom stereocenters. The number of hydrazone groups is 1. The lowest BCUT2D eigenvalue weighted by molar-refractivity contribution is 0.956. The number of fused-ring (bicyclic) bond motifs is 1. The van der Waals surface area contributed by atoms with Crippen molar-refractivity contribution >= 4 is 23.1 Å². The van der Waals surface area contributed by atoms with Crippen molar-refractivity contribution in [3.05, 3.63) is 99.3 Å². The van der Waals surface area contributed by atoms with Gasteiger partial charge in [0.25, 0.3) is 5.56 Å². The quantitative estimate of drug-likeness (QED) is 0.409. The second kappa shape index (κ2) is 7.72. The number of anilines is 1. The van der Waals surface area contributed by atoms with E-state index in [9.17, 15) is 4.79 Å². The first-order valence-electron chi connectivity index (χ1n) is 9.49. The van der Waals surface area contributed by atoms with E-state index in [-0.39, 0.29) is 5.56 Å². The Kier molecular flexibility index (Phi) is 4.96. The SMILES string of the molecule is Cc1cc(C)c(/C=N\Nc2nc3ccccc3c(=O)n2-c2ccccc2)c(C)c1. The molecule has 0 bridgehead atoms. The van der Waals surface area contributed by atoms with Gasteiger partial charge in [0.15, 0.2) is 0 Å². The summed E-state index contributed by atoms with van der Waals surface area (Å²) in [6.45, 7) is 6.21. The van der Waals surface area contributed by atoms with Gasteiger partial charge >= 0.3 is 0 Å². The molecule has 3 aromatic carbocycles. The van der Waals surface area contributed by atoms with Crippen molar-refractivity contribution in [2.24, 2.45) is 5.10 Å². The molecular weight excluding hydrogens is 360 g/mol. The van der Waals surface area contributed by atoms with E-state index in [0.717, 1.165) is 22.4 Å². The van der Waals surface area contributed by atoms with Crippen molar-refractivity contribution in [3.8, 4) is 5.69 Å². The van der Waals surface area contributed by atoms with Crippen LogP contribution in [0.15, 0.2) is 76.6 Å². The van der Waals surface area contributed by atoms with Crippen molar-refractivity contribution < 1.29 is 0 Å². The zero-order valence-electron chi connectivity index (χ0n) is 16.7. The molecule has 0 amide bonds. The van der Waals surface area contributed by atoms with Gasteiger partial charge in [-0.1, -0.05) is 48.0 Å². The van der Waals surface area contributed by atoms with Crippen molar-refractivity contribution in [1.29, 1.82) is 0 Å². The van der Waals surface area contributed by atoms with Gasteiger partial charge < -0.3 is 0 Å². The minimum absolute atomic E-state index is 0.137. The van der Waals surface area contributed by atoms with E-state index in [4.69, 9.17) is 0 Å². The molecule has 1 heterocycles. The van der Waals surface area contributed by atoms with Crippen LogP contribution in [-0.4, -0.2) is 15.8 Å². The normalized spacial score (nSPS) is 11.3. The van der Waals surface area contributed by atoms with E-state index in [2.05, 4.69) is 48.4 Å². The smallest absolute Gasteiger partial charge is 0.267 e. The van der Waals surface area contributed by atoms with Crippen LogP contribution in [0.3, 0.4) is 0 Å². The number of benzene rings is 3. The van der Waals surface area contributed by atoms with Gasteiger partial charge in [-0.05, 0) is 56.2 Å². The topological polar surface area (TPSA) is 59.3 Å². The molecule has 1 N–H and O–H groups in total. The Hall–Kier alpha value is -3.73. The lowest BCUT2D eigenvalue weighted by Crippen LogP contribution is -2.22. The van der Waals surface area contributed by atoms with Crippen LogP contribution in [0.4, 0.5) is 5.95 Å². The van der Waals surface area contributed by atoms with Crippen LogP contribution in [0.25, 0.3) is 16.6 Å². The molecule has 4 rings (SSSR count). The summed E-state index contributed by atoms with van der Waals surface area (Å²) in [5.41, 5.74) is 8.79. The minimum Gasteiger partial charge on any atom is -0.268 e. The van der Waals surface area contributed by atoms with Crippen molar-refractivity contribution in [2.45, 2.75) is 20.8 Å². The first kappa shape index (κ1) is 18.6. The maximum atomic E-state index is 13.2. The van der Waals surface area contributed by atoms with Gasteiger partial charge in [0, 0.05) is 5.56 Å². The molecule has 0 aliphatic rings. The van der Waals surface area contributed by atoms with Crippen molar-refractivity contribution in [1.82, 2.24) is 9.55 Å². The van der Waals surface area contributed by atoms with E-state index >= 15 is 0 Å². The fraction of sp³-hybridized carbons (Fsp3) is 0.125. The number of aromatic nitrogens is 2. The highest BCUT2D eigenvalue weighted by Crippen LogP contribution is 2.17. The summed E-state index contributed by atoms with van der Waals surface area (Å²) in [6.07, 6.45) is 1.78. The first-order chi connectivity index (χ1) is 14.0. The molecule has 29 heavy (non-hydrogen) atoms. The second-order valence-electron chi connectivity index (χ2n) is 7.11. The highest BCUT2D eigenvalue weighted by atomic mass is 16.1. The Bertz CT molecular complexity index is 1250. The standard InChI is InChI=1S/C24H22N4O/c1-16-13-17(2)21(18(3)14-16)15-25-27-24-26-22-12-8-7-11-20(22)23(29)28(24)19-9-5-4-6-10-19/h4-15H,1-3H3,(H,26,27)/b25-15-. The summed E-state index contributed by atoms with van der Waals surface area (Å²) < 4.78 is 1.55. The summed E-state index contributed by atoms with van der Waals surface area (Å²) >= 11 is 0. The fourth-order valence-electron chi connectivity index (χ4n) is 3.57. The Morgan fingerprint density at radius 1 is 0.931 bits per heavy atom. The Balaban J connectivity index is 1.80. The molecule has 4 aromatic rings. The van der Waals surface area contributed by atoms with Gasteiger partial charge in [-0.25, -0.2) is 15.0 Å². The maximum Gasteiger partial charge on any atom is 0.267 e. The maximum absolute atomic E-state index is 13.2. The average Bonchev–Trinajstić information content (AvgIpc) is 2.71. The lowest BCUT2D eigenvalue weighted by atomic mass is 10.0. The fourth-order valence-corrected chi connectivity index (χ4v) is 3.57.